The van der Waals surface area contributed by atoms with Crippen molar-refractivity contribution in [2.75, 3.05) is 19.6 Å². The second-order valence-electron chi connectivity index (χ2n) is 4.55. The molecule has 0 aromatic rings. The summed E-state index contributed by atoms with van der Waals surface area (Å²) in [4.78, 5) is 6.49. The fourth-order valence-electron chi connectivity index (χ4n) is 2.32. The molecule has 2 aliphatic rings. The number of fused-ring (bicyclic) bond motifs is 1. The zero-order chi connectivity index (χ0) is 11.5. The molecule has 0 bridgehead atoms. The molecular formula is C11H21N3O2. The van der Waals surface area contributed by atoms with Crippen LogP contribution in [0.15, 0.2) is 4.99 Å². The molecule has 92 valence electrons. The van der Waals surface area contributed by atoms with E-state index < -0.39 is 12.2 Å². The standard InChI is InChI=1S/C11H21N3O2/c1-2-3-5-12-11-13-7-8-10(16)9(15)4-6-14(8)11/h8-10,15-16H,2-7H2,1H3,(H,12,13). The maximum atomic E-state index is 9.84. The van der Waals surface area contributed by atoms with Crippen LogP contribution >= 0.6 is 0 Å². The van der Waals surface area contributed by atoms with E-state index in [-0.39, 0.29) is 6.04 Å². The summed E-state index contributed by atoms with van der Waals surface area (Å²) in [5.41, 5.74) is 0. The monoisotopic (exact) mass is 227 g/mol. The van der Waals surface area contributed by atoms with Crippen molar-refractivity contribution < 1.29 is 10.2 Å². The third kappa shape index (κ3) is 2.15. The first kappa shape index (κ1) is 11.7. The molecule has 0 aromatic carbocycles. The molecule has 3 atom stereocenters. The van der Waals surface area contributed by atoms with Gasteiger partial charge >= 0.3 is 0 Å². The van der Waals surface area contributed by atoms with Crippen molar-refractivity contribution >= 4 is 5.96 Å². The Bertz CT molecular complexity index is 270. The molecule has 1 fully saturated rings. The second-order valence-corrected chi connectivity index (χ2v) is 4.55. The van der Waals surface area contributed by atoms with Crippen molar-refractivity contribution in [1.29, 1.82) is 0 Å². The van der Waals surface area contributed by atoms with Crippen molar-refractivity contribution in [3.63, 3.8) is 0 Å². The average Bonchev–Trinajstić information content (AvgIpc) is 2.68. The summed E-state index contributed by atoms with van der Waals surface area (Å²) in [6, 6.07) is -0.0344. The first-order valence-electron chi connectivity index (χ1n) is 6.15. The maximum Gasteiger partial charge on any atom is 0.194 e. The minimum Gasteiger partial charge on any atom is -0.390 e. The number of guanidine groups is 1. The molecule has 2 heterocycles. The molecular weight excluding hydrogens is 206 g/mol. The third-order valence-corrected chi connectivity index (χ3v) is 3.37. The SMILES string of the molecule is CCCCNC1=NCC2C(O)C(O)CCN12. The normalized spacial score (nSPS) is 33.6. The lowest BCUT2D eigenvalue weighted by molar-refractivity contribution is -0.0496. The van der Waals surface area contributed by atoms with Crippen LogP contribution in [0.1, 0.15) is 26.2 Å². The lowest BCUT2D eigenvalue weighted by Crippen LogP contribution is -2.57. The molecule has 0 saturated carbocycles. The lowest BCUT2D eigenvalue weighted by atomic mass is 9.97. The zero-order valence-corrected chi connectivity index (χ0v) is 9.76. The van der Waals surface area contributed by atoms with E-state index in [1.807, 2.05) is 0 Å². The Morgan fingerprint density at radius 3 is 3.06 bits per heavy atom. The van der Waals surface area contributed by atoms with Crippen LogP contribution in [0.2, 0.25) is 0 Å². The minimum atomic E-state index is -0.664. The van der Waals surface area contributed by atoms with Crippen LogP contribution in [0, 0.1) is 0 Å². The van der Waals surface area contributed by atoms with Gasteiger partial charge in [-0.15, -0.1) is 0 Å². The predicted molar refractivity (Wildman–Crippen MR) is 62.3 cm³/mol. The van der Waals surface area contributed by atoms with E-state index >= 15 is 0 Å². The molecule has 5 heteroatoms. The Morgan fingerprint density at radius 1 is 1.50 bits per heavy atom. The Morgan fingerprint density at radius 2 is 2.31 bits per heavy atom. The number of piperidine rings is 1. The van der Waals surface area contributed by atoms with E-state index in [0.29, 0.717) is 13.0 Å². The van der Waals surface area contributed by atoms with Crippen LogP contribution in [-0.2, 0) is 0 Å². The largest absolute Gasteiger partial charge is 0.390 e. The Labute approximate surface area is 96.2 Å². The second kappa shape index (κ2) is 5.01. The number of hydrogen-bond donors (Lipinski definition) is 3. The van der Waals surface area contributed by atoms with Gasteiger partial charge in [-0.25, -0.2) is 0 Å². The first-order valence-corrected chi connectivity index (χ1v) is 6.15. The molecule has 0 radical (unpaired) electrons. The number of unbranched alkanes of at least 4 members (excludes halogenated alkanes) is 1. The summed E-state index contributed by atoms with van der Waals surface area (Å²) in [6.45, 7) is 4.45. The van der Waals surface area contributed by atoms with Gasteiger partial charge in [-0.2, -0.15) is 0 Å². The summed E-state index contributed by atoms with van der Waals surface area (Å²) >= 11 is 0. The predicted octanol–water partition coefficient (Wildman–Crippen LogP) is -0.458. The van der Waals surface area contributed by atoms with E-state index in [1.54, 1.807) is 0 Å². The first-order chi connectivity index (χ1) is 7.74. The van der Waals surface area contributed by atoms with Gasteiger partial charge in [-0.05, 0) is 12.8 Å². The van der Waals surface area contributed by atoms with Crippen LogP contribution in [0.25, 0.3) is 0 Å². The summed E-state index contributed by atoms with van der Waals surface area (Å²) in [7, 11) is 0. The van der Waals surface area contributed by atoms with Gasteiger partial charge in [0, 0.05) is 13.1 Å². The highest BCUT2D eigenvalue weighted by Crippen LogP contribution is 2.22. The fourth-order valence-corrected chi connectivity index (χ4v) is 2.32. The van der Waals surface area contributed by atoms with E-state index in [1.165, 1.54) is 0 Å². The Balaban J connectivity index is 1.89. The molecule has 2 rings (SSSR count). The molecule has 5 nitrogen and oxygen atoms in total. The van der Waals surface area contributed by atoms with Gasteiger partial charge in [0.2, 0.25) is 0 Å². The number of nitrogens with zero attached hydrogens (tertiary/aromatic N) is 2. The molecule has 0 aliphatic carbocycles. The van der Waals surface area contributed by atoms with Crippen LogP contribution in [0.3, 0.4) is 0 Å². The highest BCUT2D eigenvalue weighted by Gasteiger charge is 2.40. The van der Waals surface area contributed by atoms with Crippen molar-refractivity contribution in [3.05, 3.63) is 0 Å². The number of hydrogen-bond acceptors (Lipinski definition) is 5. The quantitative estimate of drug-likeness (QED) is 0.571. The molecule has 3 unspecified atom stereocenters. The lowest BCUT2D eigenvalue weighted by Gasteiger charge is -2.38. The number of aliphatic imine (C=N–C) groups is 1. The van der Waals surface area contributed by atoms with Gasteiger partial charge in [0.1, 0.15) is 6.10 Å². The van der Waals surface area contributed by atoms with Crippen LogP contribution in [-0.4, -0.2) is 59.0 Å². The summed E-state index contributed by atoms with van der Waals surface area (Å²) in [6.07, 6.45) is 1.65. The topological polar surface area (TPSA) is 68.1 Å². The van der Waals surface area contributed by atoms with Gasteiger partial charge in [-0.1, -0.05) is 13.3 Å². The molecule has 3 N–H and O–H groups in total. The Hall–Kier alpha value is -0.810. The van der Waals surface area contributed by atoms with Gasteiger partial charge in [0.15, 0.2) is 5.96 Å². The minimum absolute atomic E-state index is 0.0344. The van der Waals surface area contributed by atoms with E-state index in [2.05, 4.69) is 22.1 Å². The van der Waals surface area contributed by atoms with E-state index in [9.17, 15) is 10.2 Å². The van der Waals surface area contributed by atoms with Gasteiger partial charge in [0.25, 0.3) is 0 Å². The number of nitrogens with one attached hydrogen (secondary N) is 1. The summed E-state index contributed by atoms with van der Waals surface area (Å²) in [5.74, 6) is 0.893. The van der Waals surface area contributed by atoms with Gasteiger partial charge in [-0.3, -0.25) is 4.99 Å². The maximum absolute atomic E-state index is 9.84. The molecule has 1 saturated heterocycles. The molecule has 0 amide bonds. The fraction of sp³-hybridized carbons (Fsp3) is 0.909. The average molecular weight is 227 g/mol. The summed E-state index contributed by atoms with van der Waals surface area (Å²) < 4.78 is 0. The van der Waals surface area contributed by atoms with E-state index in [4.69, 9.17) is 0 Å². The van der Waals surface area contributed by atoms with Gasteiger partial charge in [0.05, 0.1) is 18.7 Å². The number of rotatable bonds is 3. The molecule has 0 aromatic heterocycles. The number of aliphatic hydroxyl groups excluding tert-OH is 2. The highest BCUT2D eigenvalue weighted by atomic mass is 16.3. The summed E-state index contributed by atoms with van der Waals surface area (Å²) in [5, 5.41) is 22.7. The van der Waals surface area contributed by atoms with Crippen molar-refractivity contribution in [3.8, 4) is 0 Å². The highest BCUT2D eigenvalue weighted by molar-refractivity contribution is 5.82. The van der Waals surface area contributed by atoms with Crippen molar-refractivity contribution in [2.24, 2.45) is 4.99 Å². The Kier molecular flexibility index (Phi) is 3.66. The van der Waals surface area contributed by atoms with Crippen LogP contribution in [0.5, 0.6) is 0 Å². The molecule has 16 heavy (non-hydrogen) atoms. The number of aliphatic hydroxyl groups is 2. The van der Waals surface area contributed by atoms with Crippen molar-refractivity contribution in [1.82, 2.24) is 10.2 Å². The smallest absolute Gasteiger partial charge is 0.194 e. The van der Waals surface area contributed by atoms with Gasteiger partial charge < -0.3 is 20.4 Å². The van der Waals surface area contributed by atoms with Crippen LogP contribution in [0.4, 0.5) is 0 Å². The van der Waals surface area contributed by atoms with E-state index in [0.717, 1.165) is 31.9 Å². The zero-order valence-electron chi connectivity index (χ0n) is 9.76. The molecule has 0 spiro atoms. The third-order valence-electron chi connectivity index (χ3n) is 3.37. The molecule has 2 aliphatic heterocycles. The van der Waals surface area contributed by atoms with Crippen molar-refractivity contribution in [2.45, 2.75) is 44.4 Å². The van der Waals surface area contributed by atoms with Crippen LogP contribution < -0.4 is 5.32 Å².